The van der Waals surface area contributed by atoms with Gasteiger partial charge in [0, 0.05) is 24.0 Å². The first-order chi connectivity index (χ1) is 12.0. The van der Waals surface area contributed by atoms with E-state index in [4.69, 9.17) is 9.47 Å². The molecule has 0 aliphatic carbocycles. The van der Waals surface area contributed by atoms with E-state index in [1.807, 2.05) is 38.1 Å². The Hall–Kier alpha value is -2.21. The molecule has 2 aliphatic rings. The van der Waals surface area contributed by atoms with Gasteiger partial charge in [-0.2, -0.15) is 0 Å². The summed E-state index contributed by atoms with van der Waals surface area (Å²) in [6.07, 6.45) is 2.04. The van der Waals surface area contributed by atoms with E-state index in [0.29, 0.717) is 43.2 Å². The molecule has 0 amide bonds. The Balaban J connectivity index is 1.86. The number of para-hydroxylation sites is 1. The molecule has 0 fully saturated rings. The zero-order valence-electron chi connectivity index (χ0n) is 14.4. The van der Waals surface area contributed by atoms with Crippen molar-refractivity contribution >= 4 is 15.7 Å². The quantitative estimate of drug-likeness (QED) is 0.910. The summed E-state index contributed by atoms with van der Waals surface area (Å²) < 4.78 is 40.7. The van der Waals surface area contributed by atoms with Gasteiger partial charge in [0.2, 0.25) is 0 Å². The van der Waals surface area contributed by atoms with E-state index < -0.39 is 10.0 Å². The number of ether oxygens (including phenoxy) is 2. The van der Waals surface area contributed by atoms with Crippen LogP contribution in [0.25, 0.3) is 0 Å². The fraction of sp³-hybridized carbons (Fsp3) is 0.368. The van der Waals surface area contributed by atoms with Crippen LogP contribution in [0, 0.1) is 6.92 Å². The van der Waals surface area contributed by atoms with Crippen LogP contribution in [-0.4, -0.2) is 21.6 Å². The molecule has 4 rings (SSSR count). The number of hydrogen-bond donors (Lipinski definition) is 1. The smallest absolute Gasteiger partial charge is 0.266 e. The second-order valence-electron chi connectivity index (χ2n) is 6.44. The van der Waals surface area contributed by atoms with Crippen LogP contribution in [-0.2, 0) is 29.3 Å². The molecular formula is C19H21NO4S. The largest absolute Gasteiger partial charge is 0.493 e. The summed E-state index contributed by atoms with van der Waals surface area (Å²) in [6, 6.07) is 7.73. The van der Waals surface area contributed by atoms with Gasteiger partial charge in [0.05, 0.1) is 18.9 Å². The van der Waals surface area contributed by atoms with Gasteiger partial charge < -0.3 is 9.47 Å². The highest BCUT2D eigenvalue weighted by Gasteiger charge is 2.34. The zero-order valence-corrected chi connectivity index (χ0v) is 15.2. The molecule has 0 bridgehead atoms. The minimum Gasteiger partial charge on any atom is -0.493 e. The fourth-order valence-electron chi connectivity index (χ4n) is 3.58. The van der Waals surface area contributed by atoms with Crippen LogP contribution >= 0.6 is 0 Å². The maximum absolute atomic E-state index is 13.3. The number of sulfonamides is 1. The lowest BCUT2D eigenvalue weighted by Crippen LogP contribution is -2.17. The van der Waals surface area contributed by atoms with Crippen molar-refractivity contribution in [2.45, 2.75) is 38.0 Å². The van der Waals surface area contributed by atoms with E-state index in [1.54, 1.807) is 0 Å². The molecule has 6 heteroatoms. The van der Waals surface area contributed by atoms with Crippen LogP contribution in [0.5, 0.6) is 11.5 Å². The van der Waals surface area contributed by atoms with E-state index >= 15 is 0 Å². The highest BCUT2D eigenvalue weighted by atomic mass is 32.2. The minimum atomic E-state index is -3.77. The highest BCUT2D eigenvalue weighted by Crippen LogP contribution is 2.43. The van der Waals surface area contributed by atoms with Crippen molar-refractivity contribution in [1.82, 2.24) is 0 Å². The predicted octanol–water partition coefficient (Wildman–Crippen LogP) is 3.23. The fourth-order valence-corrected chi connectivity index (χ4v) is 5.20. The molecule has 2 aromatic carbocycles. The summed E-state index contributed by atoms with van der Waals surface area (Å²) in [5.74, 6) is 1.16. The van der Waals surface area contributed by atoms with Gasteiger partial charge in [-0.25, -0.2) is 8.42 Å². The molecule has 132 valence electrons. The number of fused-ring (bicyclic) bond motifs is 2. The van der Waals surface area contributed by atoms with Gasteiger partial charge >= 0.3 is 0 Å². The van der Waals surface area contributed by atoms with Crippen molar-refractivity contribution in [2.24, 2.45) is 0 Å². The van der Waals surface area contributed by atoms with Crippen molar-refractivity contribution in [3.8, 4) is 11.5 Å². The highest BCUT2D eigenvalue weighted by molar-refractivity contribution is 7.93. The molecule has 0 atom stereocenters. The molecule has 2 heterocycles. The summed E-state index contributed by atoms with van der Waals surface area (Å²) in [6.45, 7) is 4.94. The Labute approximate surface area is 148 Å². The van der Waals surface area contributed by atoms with Gasteiger partial charge in [-0.1, -0.05) is 25.1 Å². The molecule has 25 heavy (non-hydrogen) atoms. The van der Waals surface area contributed by atoms with E-state index in [-0.39, 0.29) is 4.90 Å². The van der Waals surface area contributed by atoms with Gasteiger partial charge in [0.1, 0.15) is 16.4 Å². The second kappa shape index (κ2) is 5.95. The van der Waals surface area contributed by atoms with Gasteiger partial charge in [-0.3, -0.25) is 4.72 Å². The number of anilines is 1. The molecule has 2 aromatic rings. The summed E-state index contributed by atoms with van der Waals surface area (Å²) in [4.78, 5) is 0.250. The lowest BCUT2D eigenvalue weighted by atomic mass is 10.1. The molecule has 0 saturated heterocycles. The third kappa shape index (κ3) is 2.65. The van der Waals surface area contributed by atoms with E-state index in [0.717, 1.165) is 28.7 Å². The number of benzene rings is 2. The van der Waals surface area contributed by atoms with E-state index in [1.165, 1.54) is 0 Å². The van der Waals surface area contributed by atoms with Crippen LogP contribution in [0.4, 0.5) is 5.69 Å². The molecule has 5 nitrogen and oxygen atoms in total. The molecule has 0 saturated carbocycles. The van der Waals surface area contributed by atoms with Crippen LogP contribution in [0.1, 0.15) is 29.2 Å². The Morgan fingerprint density at radius 3 is 2.76 bits per heavy atom. The Bertz CT molecular complexity index is 918. The number of hydrogen-bond acceptors (Lipinski definition) is 4. The van der Waals surface area contributed by atoms with Crippen LogP contribution in [0.15, 0.2) is 29.2 Å². The molecule has 1 N–H and O–H groups in total. The van der Waals surface area contributed by atoms with Gasteiger partial charge in [-0.15, -0.1) is 0 Å². The van der Waals surface area contributed by atoms with Crippen LogP contribution in [0.2, 0.25) is 0 Å². The minimum absolute atomic E-state index is 0.250. The number of nitrogens with one attached hydrogen (secondary N) is 1. The van der Waals surface area contributed by atoms with Crippen molar-refractivity contribution in [3.05, 3.63) is 46.5 Å². The maximum atomic E-state index is 13.3. The standard InChI is InChI=1S/C19H21NO4S/c1-3-13-6-4-5-12(2)17(13)20-25(21,22)19-15-8-10-23-16(15)11-14-7-9-24-18(14)19/h4-6,11,20H,3,7-10H2,1-2H3. The first kappa shape index (κ1) is 16.3. The predicted molar refractivity (Wildman–Crippen MR) is 96.2 cm³/mol. The topological polar surface area (TPSA) is 64.6 Å². The Morgan fingerprint density at radius 1 is 1.16 bits per heavy atom. The summed E-state index contributed by atoms with van der Waals surface area (Å²) in [5, 5.41) is 0. The molecular weight excluding hydrogens is 338 g/mol. The van der Waals surface area contributed by atoms with E-state index in [9.17, 15) is 8.42 Å². The SMILES string of the molecule is CCc1cccc(C)c1NS(=O)(=O)c1c2c(cc3c1OCC3)OCC2. The lowest BCUT2D eigenvalue weighted by Gasteiger charge is -2.17. The third-order valence-corrected chi connectivity index (χ3v) is 6.29. The summed E-state index contributed by atoms with van der Waals surface area (Å²) >= 11 is 0. The maximum Gasteiger partial charge on any atom is 0.266 e. The molecule has 0 spiro atoms. The van der Waals surface area contributed by atoms with Crippen molar-refractivity contribution in [3.63, 3.8) is 0 Å². The number of aryl methyl sites for hydroxylation is 2. The van der Waals surface area contributed by atoms with E-state index in [2.05, 4.69) is 4.72 Å². The first-order valence-corrected chi connectivity index (χ1v) is 10.0. The monoisotopic (exact) mass is 359 g/mol. The van der Waals surface area contributed by atoms with Gasteiger partial charge in [0.15, 0.2) is 0 Å². The molecule has 0 aromatic heterocycles. The zero-order chi connectivity index (χ0) is 17.6. The third-order valence-electron chi connectivity index (χ3n) is 4.85. The Kier molecular flexibility index (Phi) is 3.87. The van der Waals surface area contributed by atoms with Gasteiger partial charge in [0.25, 0.3) is 10.0 Å². The molecule has 2 aliphatic heterocycles. The average molecular weight is 359 g/mol. The van der Waals surface area contributed by atoms with Gasteiger partial charge in [-0.05, 0) is 30.5 Å². The van der Waals surface area contributed by atoms with Crippen LogP contribution < -0.4 is 14.2 Å². The Morgan fingerprint density at radius 2 is 1.96 bits per heavy atom. The van der Waals surface area contributed by atoms with Crippen molar-refractivity contribution in [2.75, 3.05) is 17.9 Å². The van der Waals surface area contributed by atoms with Crippen LogP contribution in [0.3, 0.4) is 0 Å². The average Bonchev–Trinajstić information content (AvgIpc) is 3.22. The van der Waals surface area contributed by atoms with Crippen molar-refractivity contribution in [1.29, 1.82) is 0 Å². The lowest BCUT2D eigenvalue weighted by molar-refractivity contribution is 0.348. The second-order valence-corrected chi connectivity index (χ2v) is 8.05. The number of rotatable bonds is 4. The van der Waals surface area contributed by atoms with Crippen molar-refractivity contribution < 1.29 is 17.9 Å². The molecule has 0 radical (unpaired) electrons. The summed E-state index contributed by atoms with van der Waals surface area (Å²) in [7, 11) is -3.77. The molecule has 0 unspecified atom stereocenters. The normalized spacial score (nSPS) is 15.3. The summed E-state index contributed by atoms with van der Waals surface area (Å²) in [5.41, 5.74) is 4.17. The first-order valence-electron chi connectivity index (χ1n) is 8.57.